The maximum atomic E-state index is 12.3. The van der Waals surface area contributed by atoms with Gasteiger partial charge in [0.2, 0.25) is 0 Å². The molecule has 0 saturated carbocycles. The van der Waals surface area contributed by atoms with Crippen LogP contribution in [0, 0.1) is 0 Å². The molecule has 3 rings (SSSR count). The Labute approximate surface area is 108 Å². The highest BCUT2D eigenvalue weighted by molar-refractivity contribution is 7.07. The van der Waals surface area contributed by atoms with Crippen molar-refractivity contribution in [2.75, 3.05) is 0 Å². The highest BCUT2D eigenvalue weighted by Gasteiger charge is 2.31. The quantitative estimate of drug-likeness (QED) is 0.854. The summed E-state index contributed by atoms with van der Waals surface area (Å²) in [4.78, 5) is 27.6. The molecule has 1 amide bonds. The van der Waals surface area contributed by atoms with Crippen molar-refractivity contribution in [2.45, 2.75) is 19.5 Å². The van der Waals surface area contributed by atoms with Gasteiger partial charge in [-0.1, -0.05) is 35.6 Å². The minimum absolute atomic E-state index is 0.0529. The van der Waals surface area contributed by atoms with Crippen LogP contribution < -0.4 is 4.87 Å². The maximum Gasteiger partial charge on any atom is 0.305 e. The Hall–Kier alpha value is -1.88. The van der Waals surface area contributed by atoms with Crippen LogP contribution in [0.3, 0.4) is 0 Å². The molecule has 2 aromatic rings. The van der Waals surface area contributed by atoms with Crippen LogP contribution in [0.25, 0.3) is 0 Å². The van der Waals surface area contributed by atoms with Gasteiger partial charge in [0, 0.05) is 11.9 Å². The second-order valence-electron chi connectivity index (χ2n) is 4.37. The second-order valence-corrected chi connectivity index (χ2v) is 5.21. The lowest BCUT2D eigenvalue weighted by molar-refractivity contribution is 0.0699. The molecule has 1 aliphatic heterocycles. The zero-order valence-electron chi connectivity index (χ0n) is 9.84. The monoisotopic (exact) mass is 260 g/mol. The Morgan fingerprint density at radius 2 is 2.22 bits per heavy atom. The number of H-pyrrole nitrogens is 1. The first-order chi connectivity index (χ1) is 8.66. The molecule has 1 unspecified atom stereocenters. The van der Waals surface area contributed by atoms with E-state index >= 15 is 0 Å². The van der Waals surface area contributed by atoms with Crippen LogP contribution in [0.5, 0.6) is 0 Å². The molecule has 0 bridgehead atoms. The van der Waals surface area contributed by atoms with Gasteiger partial charge in [0.15, 0.2) is 0 Å². The van der Waals surface area contributed by atoms with E-state index in [1.807, 2.05) is 31.2 Å². The molecule has 5 heteroatoms. The van der Waals surface area contributed by atoms with Crippen LogP contribution in [0.15, 0.2) is 34.4 Å². The number of amides is 1. The lowest BCUT2D eigenvalue weighted by Crippen LogP contribution is -2.28. The number of carbonyl (C=O) groups is 1. The van der Waals surface area contributed by atoms with Crippen molar-refractivity contribution in [3.05, 3.63) is 56.1 Å². The summed E-state index contributed by atoms with van der Waals surface area (Å²) in [5, 5.41) is 1.58. The SMILES string of the molecule is CC1c2ccccc2CN1C(=O)c1csc(=O)[nH]1. The Morgan fingerprint density at radius 3 is 2.89 bits per heavy atom. The summed E-state index contributed by atoms with van der Waals surface area (Å²) >= 11 is 1.02. The molecule has 1 aromatic carbocycles. The molecule has 0 spiro atoms. The molecular weight excluding hydrogens is 248 g/mol. The molecule has 0 aliphatic carbocycles. The summed E-state index contributed by atoms with van der Waals surface area (Å²) in [6.07, 6.45) is 0. The highest BCUT2D eigenvalue weighted by Crippen LogP contribution is 2.33. The van der Waals surface area contributed by atoms with E-state index in [2.05, 4.69) is 4.98 Å². The molecule has 92 valence electrons. The first-order valence-corrected chi connectivity index (χ1v) is 6.61. The summed E-state index contributed by atoms with van der Waals surface area (Å²) in [5.74, 6) is -0.114. The minimum Gasteiger partial charge on any atom is -0.326 e. The van der Waals surface area contributed by atoms with Crippen LogP contribution in [0.4, 0.5) is 0 Å². The van der Waals surface area contributed by atoms with Gasteiger partial charge in [-0.3, -0.25) is 9.59 Å². The fourth-order valence-corrected chi connectivity index (χ4v) is 2.92. The minimum atomic E-state index is -0.192. The van der Waals surface area contributed by atoms with Gasteiger partial charge in [0.1, 0.15) is 5.69 Å². The van der Waals surface area contributed by atoms with Crippen molar-refractivity contribution in [3.63, 3.8) is 0 Å². The molecular formula is C13H12N2O2S. The largest absolute Gasteiger partial charge is 0.326 e. The second kappa shape index (κ2) is 4.10. The zero-order chi connectivity index (χ0) is 12.7. The maximum absolute atomic E-state index is 12.3. The molecule has 1 N–H and O–H groups in total. The van der Waals surface area contributed by atoms with E-state index in [1.165, 1.54) is 11.1 Å². The molecule has 2 heterocycles. The Morgan fingerprint density at radius 1 is 1.44 bits per heavy atom. The Bertz CT molecular complexity index is 659. The van der Waals surface area contributed by atoms with E-state index in [0.717, 1.165) is 11.3 Å². The van der Waals surface area contributed by atoms with Gasteiger partial charge in [-0.25, -0.2) is 0 Å². The van der Waals surface area contributed by atoms with Crippen LogP contribution in [-0.4, -0.2) is 15.8 Å². The van der Waals surface area contributed by atoms with Crippen LogP contribution in [0.2, 0.25) is 0 Å². The predicted octanol–water partition coefficient (Wildman–Crippen LogP) is 2.15. The van der Waals surface area contributed by atoms with E-state index in [0.29, 0.717) is 12.2 Å². The van der Waals surface area contributed by atoms with Crippen molar-refractivity contribution in [3.8, 4) is 0 Å². The van der Waals surface area contributed by atoms with Gasteiger partial charge < -0.3 is 9.88 Å². The smallest absolute Gasteiger partial charge is 0.305 e. The highest BCUT2D eigenvalue weighted by atomic mass is 32.1. The summed E-state index contributed by atoms with van der Waals surface area (Å²) in [6, 6.07) is 8.10. The Kier molecular flexibility index (Phi) is 2.56. The molecule has 0 fully saturated rings. The van der Waals surface area contributed by atoms with Gasteiger partial charge in [0.05, 0.1) is 6.04 Å². The number of rotatable bonds is 1. The molecule has 0 radical (unpaired) electrons. The van der Waals surface area contributed by atoms with Crippen molar-refractivity contribution in [1.82, 2.24) is 9.88 Å². The summed E-state index contributed by atoms with van der Waals surface area (Å²) in [7, 11) is 0. The van der Waals surface area contributed by atoms with Crippen LogP contribution in [-0.2, 0) is 6.54 Å². The lowest BCUT2D eigenvalue weighted by Gasteiger charge is -2.20. The van der Waals surface area contributed by atoms with Gasteiger partial charge in [-0.15, -0.1) is 0 Å². The standard InChI is InChI=1S/C13H12N2O2S/c1-8-10-5-3-2-4-9(10)6-15(8)12(16)11-7-18-13(17)14-11/h2-5,7-8H,6H2,1H3,(H,14,17). The number of hydrogen-bond acceptors (Lipinski definition) is 3. The van der Waals surface area contributed by atoms with Gasteiger partial charge in [-0.2, -0.15) is 0 Å². The molecule has 1 atom stereocenters. The third-order valence-corrected chi connectivity index (χ3v) is 3.99. The predicted molar refractivity (Wildman–Crippen MR) is 69.7 cm³/mol. The number of aromatic amines is 1. The normalized spacial score (nSPS) is 17.8. The van der Waals surface area contributed by atoms with Crippen molar-refractivity contribution in [2.24, 2.45) is 0 Å². The van der Waals surface area contributed by atoms with E-state index < -0.39 is 0 Å². The van der Waals surface area contributed by atoms with E-state index in [9.17, 15) is 9.59 Å². The average Bonchev–Trinajstić information content (AvgIpc) is 2.94. The summed E-state index contributed by atoms with van der Waals surface area (Å²) in [5.41, 5.74) is 2.74. The topological polar surface area (TPSA) is 53.2 Å². The number of aromatic nitrogens is 1. The molecule has 0 saturated heterocycles. The third kappa shape index (κ3) is 1.67. The lowest BCUT2D eigenvalue weighted by atomic mass is 10.1. The fourth-order valence-electron chi connectivity index (χ4n) is 2.36. The van der Waals surface area contributed by atoms with Crippen molar-refractivity contribution in [1.29, 1.82) is 0 Å². The molecule has 1 aliphatic rings. The van der Waals surface area contributed by atoms with Crippen molar-refractivity contribution >= 4 is 17.2 Å². The van der Waals surface area contributed by atoms with Crippen LogP contribution in [0.1, 0.15) is 34.6 Å². The summed E-state index contributed by atoms with van der Waals surface area (Å²) < 4.78 is 0. The number of benzene rings is 1. The number of carbonyl (C=O) groups excluding carboxylic acids is 1. The first-order valence-electron chi connectivity index (χ1n) is 5.73. The number of thiazole rings is 1. The molecule has 1 aromatic heterocycles. The molecule has 18 heavy (non-hydrogen) atoms. The zero-order valence-corrected chi connectivity index (χ0v) is 10.7. The molecule has 4 nitrogen and oxygen atoms in total. The van der Waals surface area contributed by atoms with Gasteiger partial charge in [-0.05, 0) is 18.1 Å². The Balaban J connectivity index is 1.93. The fraction of sp³-hybridized carbons (Fsp3) is 0.231. The van der Waals surface area contributed by atoms with E-state index in [-0.39, 0.29) is 16.8 Å². The van der Waals surface area contributed by atoms with Gasteiger partial charge >= 0.3 is 4.87 Å². The number of nitrogens with zero attached hydrogens (tertiary/aromatic N) is 1. The number of hydrogen-bond donors (Lipinski definition) is 1. The third-order valence-electron chi connectivity index (χ3n) is 3.33. The first kappa shape index (κ1) is 11.2. The summed E-state index contributed by atoms with van der Waals surface area (Å²) in [6.45, 7) is 2.61. The van der Waals surface area contributed by atoms with E-state index in [1.54, 1.807) is 10.3 Å². The average molecular weight is 260 g/mol. The van der Waals surface area contributed by atoms with Crippen molar-refractivity contribution < 1.29 is 4.79 Å². The van der Waals surface area contributed by atoms with Crippen LogP contribution >= 0.6 is 11.3 Å². The number of fused-ring (bicyclic) bond motifs is 1. The van der Waals surface area contributed by atoms with Gasteiger partial charge in [0.25, 0.3) is 5.91 Å². The number of nitrogens with one attached hydrogen (secondary N) is 1. The van der Waals surface area contributed by atoms with E-state index in [4.69, 9.17) is 0 Å².